The number of hydrogen-bond acceptors (Lipinski definition) is 5. The number of rotatable bonds is 6. The third-order valence-electron chi connectivity index (χ3n) is 6.87. The predicted molar refractivity (Wildman–Crippen MR) is 128 cm³/mol. The second-order valence-electron chi connectivity index (χ2n) is 9.89. The summed E-state index contributed by atoms with van der Waals surface area (Å²) in [6.07, 6.45) is 2.99. The van der Waals surface area contributed by atoms with Crippen LogP contribution in [-0.4, -0.2) is 35.5 Å². The Morgan fingerprint density at radius 3 is 2.30 bits per heavy atom. The van der Waals surface area contributed by atoms with Gasteiger partial charge in [0.2, 0.25) is 0 Å². The number of aliphatic hydroxyl groups excluding tert-OH is 1. The number of nitrogens with zero attached hydrogens (tertiary/aromatic N) is 4. The van der Waals surface area contributed by atoms with Crippen molar-refractivity contribution in [2.45, 2.75) is 64.6 Å². The second kappa shape index (κ2) is 8.74. The molecule has 1 fully saturated rings. The first-order valence-electron chi connectivity index (χ1n) is 11.3. The fourth-order valence-electron chi connectivity index (χ4n) is 4.64. The van der Waals surface area contributed by atoms with Gasteiger partial charge >= 0.3 is 5.69 Å². The third kappa shape index (κ3) is 4.39. The Hall–Kier alpha value is -2.42. The second-order valence-corrected chi connectivity index (χ2v) is 10.3. The lowest BCUT2D eigenvalue weighted by atomic mass is 9.70. The van der Waals surface area contributed by atoms with Crippen molar-refractivity contribution < 1.29 is 10.2 Å². The first-order chi connectivity index (χ1) is 15.6. The zero-order chi connectivity index (χ0) is 24.0. The molecule has 0 unspecified atom stereocenters. The fourth-order valence-corrected chi connectivity index (χ4v) is 4.77. The maximum absolute atomic E-state index is 13.5. The van der Waals surface area contributed by atoms with Gasteiger partial charge in [-0.25, -0.2) is 9.78 Å². The van der Waals surface area contributed by atoms with Gasteiger partial charge in [-0.05, 0) is 55.2 Å². The molecule has 0 amide bonds. The summed E-state index contributed by atoms with van der Waals surface area (Å²) in [6.45, 7) is 4.66. The third-order valence-corrected chi connectivity index (χ3v) is 7.13. The summed E-state index contributed by atoms with van der Waals surface area (Å²) in [7, 11) is 1.58. The lowest BCUT2D eigenvalue weighted by molar-refractivity contribution is -0.0395. The van der Waals surface area contributed by atoms with Gasteiger partial charge in [-0.3, -0.25) is 13.9 Å². The van der Waals surface area contributed by atoms with E-state index in [9.17, 15) is 19.8 Å². The SMILES string of the molecule is Cn1c(=O)n(CCCO)c(=O)c2c1nc(C1(O)CCC(C)(C)CC1)n2Cc1ccc(Cl)cc1. The summed E-state index contributed by atoms with van der Waals surface area (Å²) in [5.41, 5.74) is -0.585. The summed E-state index contributed by atoms with van der Waals surface area (Å²) >= 11 is 6.05. The van der Waals surface area contributed by atoms with Crippen molar-refractivity contribution in [2.24, 2.45) is 12.5 Å². The molecular weight excluding hydrogens is 444 g/mol. The molecular formula is C24H31ClN4O4. The monoisotopic (exact) mass is 474 g/mol. The van der Waals surface area contributed by atoms with Crippen LogP contribution in [-0.2, 0) is 25.7 Å². The molecule has 1 aliphatic rings. The van der Waals surface area contributed by atoms with E-state index >= 15 is 0 Å². The molecule has 178 valence electrons. The number of hydrogen-bond donors (Lipinski definition) is 2. The smallest absolute Gasteiger partial charge is 0.332 e. The van der Waals surface area contributed by atoms with Gasteiger partial charge < -0.3 is 14.8 Å². The summed E-state index contributed by atoms with van der Waals surface area (Å²) in [5, 5.41) is 21.5. The molecule has 0 atom stereocenters. The van der Waals surface area contributed by atoms with Crippen LogP contribution < -0.4 is 11.2 Å². The van der Waals surface area contributed by atoms with Crippen molar-refractivity contribution in [2.75, 3.05) is 6.61 Å². The van der Waals surface area contributed by atoms with Crippen LogP contribution in [0.2, 0.25) is 5.02 Å². The molecule has 1 aromatic carbocycles. The number of aryl methyl sites for hydroxylation is 1. The number of benzene rings is 1. The first-order valence-corrected chi connectivity index (χ1v) is 11.7. The molecule has 0 spiro atoms. The summed E-state index contributed by atoms with van der Waals surface area (Å²) in [4.78, 5) is 31.1. The molecule has 8 nitrogen and oxygen atoms in total. The Morgan fingerprint density at radius 2 is 1.70 bits per heavy atom. The molecule has 1 aliphatic carbocycles. The van der Waals surface area contributed by atoms with Gasteiger partial charge in [-0.1, -0.05) is 37.6 Å². The molecule has 0 radical (unpaired) electrons. The van der Waals surface area contributed by atoms with Crippen LogP contribution in [0.25, 0.3) is 11.2 Å². The molecule has 4 rings (SSSR count). The topological polar surface area (TPSA) is 102 Å². The van der Waals surface area contributed by atoms with Crippen LogP contribution in [0.4, 0.5) is 0 Å². The highest BCUT2D eigenvalue weighted by atomic mass is 35.5. The van der Waals surface area contributed by atoms with Crippen molar-refractivity contribution in [1.29, 1.82) is 0 Å². The number of fused-ring (bicyclic) bond motifs is 1. The lowest BCUT2D eigenvalue weighted by Gasteiger charge is -2.39. The van der Waals surface area contributed by atoms with E-state index in [1.165, 1.54) is 4.57 Å². The van der Waals surface area contributed by atoms with Crippen molar-refractivity contribution in [3.8, 4) is 0 Å². The number of aromatic nitrogens is 4. The molecule has 33 heavy (non-hydrogen) atoms. The minimum Gasteiger partial charge on any atom is -0.396 e. The fraction of sp³-hybridized carbons (Fsp3) is 0.542. The van der Waals surface area contributed by atoms with E-state index in [-0.39, 0.29) is 36.2 Å². The standard InChI is InChI=1S/C24H31ClN4O4/c1-23(2)9-11-24(33,12-10-23)21-26-19-18(29(21)15-16-5-7-17(25)8-6-16)20(31)28(13-4-14-30)22(32)27(19)3/h5-8,30,33H,4,9-15H2,1-3H3. The van der Waals surface area contributed by atoms with E-state index in [2.05, 4.69) is 13.8 Å². The Kier molecular flexibility index (Phi) is 6.28. The molecule has 0 saturated heterocycles. The number of imidazole rings is 1. The number of aliphatic hydroxyl groups is 2. The first kappa shape index (κ1) is 23.7. The lowest BCUT2D eigenvalue weighted by Crippen LogP contribution is -2.40. The summed E-state index contributed by atoms with van der Waals surface area (Å²) in [5.74, 6) is 0.412. The van der Waals surface area contributed by atoms with E-state index in [4.69, 9.17) is 16.6 Å². The normalized spacial score (nSPS) is 17.5. The van der Waals surface area contributed by atoms with E-state index in [1.54, 1.807) is 23.7 Å². The van der Waals surface area contributed by atoms with Crippen LogP contribution >= 0.6 is 11.6 Å². The zero-order valence-corrected chi connectivity index (χ0v) is 20.1. The Morgan fingerprint density at radius 1 is 1.06 bits per heavy atom. The van der Waals surface area contributed by atoms with Crippen molar-refractivity contribution in [3.05, 3.63) is 61.5 Å². The van der Waals surface area contributed by atoms with Gasteiger partial charge in [0.15, 0.2) is 11.2 Å². The maximum atomic E-state index is 13.5. The minimum absolute atomic E-state index is 0.109. The molecule has 0 bridgehead atoms. The highest BCUT2D eigenvalue weighted by Gasteiger charge is 2.42. The molecule has 9 heteroatoms. The predicted octanol–water partition coefficient (Wildman–Crippen LogP) is 2.77. The average molecular weight is 475 g/mol. The molecule has 0 aliphatic heterocycles. The maximum Gasteiger partial charge on any atom is 0.332 e. The van der Waals surface area contributed by atoms with Gasteiger partial charge in [0.25, 0.3) is 5.56 Å². The largest absolute Gasteiger partial charge is 0.396 e. The number of halogens is 1. The van der Waals surface area contributed by atoms with Crippen molar-refractivity contribution in [1.82, 2.24) is 18.7 Å². The highest BCUT2D eigenvalue weighted by molar-refractivity contribution is 6.30. The quantitative estimate of drug-likeness (QED) is 0.572. The van der Waals surface area contributed by atoms with Crippen LogP contribution in [0, 0.1) is 5.41 Å². The van der Waals surface area contributed by atoms with Gasteiger partial charge in [0.05, 0.1) is 0 Å². The molecule has 2 N–H and O–H groups in total. The highest BCUT2D eigenvalue weighted by Crippen LogP contribution is 2.45. The molecule has 3 aromatic rings. The minimum atomic E-state index is -1.20. The Balaban J connectivity index is 1.95. The summed E-state index contributed by atoms with van der Waals surface area (Å²) in [6, 6.07) is 7.31. The summed E-state index contributed by atoms with van der Waals surface area (Å²) < 4.78 is 4.25. The van der Waals surface area contributed by atoms with Crippen molar-refractivity contribution in [3.63, 3.8) is 0 Å². The van der Waals surface area contributed by atoms with Crippen LogP contribution in [0.3, 0.4) is 0 Å². The van der Waals surface area contributed by atoms with Crippen LogP contribution in [0.15, 0.2) is 33.9 Å². The molecule has 1 saturated carbocycles. The Bertz CT molecular complexity index is 1280. The Labute approximate surface area is 197 Å². The molecule has 2 aromatic heterocycles. The van der Waals surface area contributed by atoms with Gasteiger partial charge in [-0.15, -0.1) is 0 Å². The average Bonchev–Trinajstić information content (AvgIpc) is 3.16. The molecule has 2 heterocycles. The van der Waals surface area contributed by atoms with Crippen LogP contribution in [0.5, 0.6) is 0 Å². The van der Waals surface area contributed by atoms with Crippen molar-refractivity contribution >= 4 is 22.8 Å². The van der Waals surface area contributed by atoms with E-state index in [0.29, 0.717) is 30.2 Å². The van der Waals surface area contributed by atoms with Crippen LogP contribution in [0.1, 0.15) is 57.3 Å². The van der Waals surface area contributed by atoms with E-state index in [0.717, 1.165) is 23.0 Å². The van der Waals surface area contributed by atoms with Gasteiger partial charge in [-0.2, -0.15) is 0 Å². The van der Waals surface area contributed by atoms with E-state index < -0.39 is 16.9 Å². The van der Waals surface area contributed by atoms with E-state index in [1.807, 2.05) is 12.1 Å². The van der Waals surface area contributed by atoms with Gasteiger partial charge in [0.1, 0.15) is 11.4 Å². The van der Waals surface area contributed by atoms with Gasteiger partial charge in [0, 0.05) is 31.8 Å². The zero-order valence-electron chi connectivity index (χ0n) is 19.3.